The molecule has 8 heteroatoms. The molecule has 5 nitrogen and oxygen atoms in total. The second-order valence-electron chi connectivity index (χ2n) is 6.80. The summed E-state index contributed by atoms with van der Waals surface area (Å²) in [6.45, 7) is 3.94. The number of rotatable bonds is 6. The van der Waals surface area contributed by atoms with E-state index in [1.807, 2.05) is 19.9 Å². The lowest BCUT2D eigenvalue weighted by atomic mass is 10.0. The Labute approximate surface area is 172 Å². The molecular formula is C22H21F3N4O. The third-order valence-corrected chi connectivity index (χ3v) is 4.60. The third kappa shape index (κ3) is 4.57. The van der Waals surface area contributed by atoms with Crippen LogP contribution in [0, 0.1) is 19.3 Å². The average Bonchev–Trinajstić information content (AvgIpc) is 3.11. The number of anilines is 1. The lowest BCUT2D eigenvalue weighted by molar-refractivity contribution is -0.131. The molecule has 156 valence electrons. The van der Waals surface area contributed by atoms with Crippen LogP contribution in [-0.2, 0) is 0 Å². The normalized spacial score (nSPS) is 11.3. The third-order valence-electron chi connectivity index (χ3n) is 4.60. The number of aromatic nitrogens is 2. The van der Waals surface area contributed by atoms with E-state index in [-0.39, 0.29) is 12.5 Å². The number of fused-ring (bicyclic) bond motifs is 1. The Morgan fingerprint density at radius 3 is 2.70 bits per heavy atom. The maximum absolute atomic E-state index is 12.5. The molecule has 1 amide bonds. The molecule has 0 fully saturated rings. The molecule has 0 aliphatic carbocycles. The van der Waals surface area contributed by atoms with Gasteiger partial charge in [0.15, 0.2) is 5.65 Å². The number of benzene rings is 1. The van der Waals surface area contributed by atoms with Crippen LogP contribution >= 0.6 is 0 Å². The van der Waals surface area contributed by atoms with Crippen molar-refractivity contribution in [2.45, 2.75) is 26.4 Å². The highest BCUT2D eigenvalue weighted by Crippen LogP contribution is 2.28. The number of imidazole rings is 1. The van der Waals surface area contributed by atoms with E-state index in [1.165, 1.54) is 0 Å². The Morgan fingerprint density at radius 1 is 1.30 bits per heavy atom. The molecule has 0 spiro atoms. The van der Waals surface area contributed by atoms with E-state index < -0.39 is 12.6 Å². The van der Waals surface area contributed by atoms with Gasteiger partial charge in [0.2, 0.25) is 0 Å². The van der Waals surface area contributed by atoms with Crippen molar-refractivity contribution in [1.82, 2.24) is 14.7 Å². The van der Waals surface area contributed by atoms with Crippen molar-refractivity contribution in [1.29, 1.82) is 0 Å². The largest absolute Gasteiger partial charge is 0.390 e. The van der Waals surface area contributed by atoms with Crippen molar-refractivity contribution in [2.24, 2.45) is 0 Å². The molecule has 1 aromatic carbocycles. The highest BCUT2D eigenvalue weighted by Gasteiger charge is 2.26. The topological polar surface area (TPSA) is 58.4 Å². The van der Waals surface area contributed by atoms with Gasteiger partial charge in [-0.05, 0) is 37.6 Å². The monoisotopic (exact) mass is 414 g/mol. The lowest BCUT2D eigenvalue weighted by Gasteiger charge is -2.12. The number of hydrogen-bond donors (Lipinski definition) is 2. The van der Waals surface area contributed by atoms with E-state index in [4.69, 9.17) is 6.42 Å². The fourth-order valence-corrected chi connectivity index (χ4v) is 3.18. The summed E-state index contributed by atoms with van der Waals surface area (Å²) in [4.78, 5) is 16.5. The number of hydrogen-bond acceptors (Lipinski definition) is 3. The summed E-state index contributed by atoms with van der Waals surface area (Å²) in [7, 11) is 0. The number of alkyl halides is 3. The predicted molar refractivity (Wildman–Crippen MR) is 110 cm³/mol. The van der Waals surface area contributed by atoms with Gasteiger partial charge in [-0.25, -0.2) is 4.98 Å². The molecule has 30 heavy (non-hydrogen) atoms. The highest BCUT2D eigenvalue weighted by molar-refractivity contribution is 5.96. The van der Waals surface area contributed by atoms with E-state index >= 15 is 0 Å². The summed E-state index contributed by atoms with van der Waals surface area (Å²) in [5.41, 5.74) is 4.30. The van der Waals surface area contributed by atoms with Crippen LogP contribution in [0.4, 0.5) is 18.9 Å². The molecule has 0 aliphatic heterocycles. The van der Waals surface area contributed by atoms with E-state index in [0.29, 0.717) is 34.7 Å². The minimum Gasteiger partial charge on any atom is -0.382 e. The fraction of sp³-hybridized carbons (Fsp3) is 0.273. The number of carbonyl (C=O) groups excluding carboxylic acids is 1. The molecular weight excluding hydrogens is 393 g/mol. The first kappa shape index (κ1) is 21.2. The summed E-state index contributed by atoms with van der Waals surface area (Å²) in [5.74, 6) is 2.37. The molecule has 0 unspecified atom stereocenters. The maximum Gasteiger partial charge on any atom is 0.390 e. The van der Waals surface area contributed by atoms with E-state index in [2.05, 4.69) is 21.5 Å². The van der Waals surface area contributed by atoms with Crippen LogP contribution < -0.4 is 10.6 Å². The Hall–Kier alpha value is -3.47. The minimum atomic E-state index is -4.25. The van der Waals surface area contributed by atoms with Gasteiger partial charge in [-0.2, -0.15) is 13.2 Å². The van der Waals surface area contributed by atoms with Gasteiger partial charge < -0.3 is 10.6 Å². The minimum absolute atomic E-state index is 0.148. The van der Waals surface area contributed by atoms with Crippen LogP contribution in [0.15, 0.2) is 36.7 Å². The Bertz CT molecular complexity index is 1130. The standard InChI is InChI=1S/C22H21F3N4O/c1-4-15-11-18(27-9-8-22(23,24)25)20-28-12-19(29(20)13-15)16-6-7-17(14(3)10-16)21(30)26-5-2/h1,6-7,10-13,27H,5,8-9H2,2-3H3,(H,26,30). The number of nitrogens with zero attached hydrogens (tertiary/aromatic N) is 2. The molecule has 0 atom stereocenters. The molecule has 0 bridgehead atoms. The zero-order chi connectivity index (χ0) is 21.9. The number of pyridine rings is 1. The number of halogens is 3. The average molecular weight is 414 g/mol. The lowest BCUT2D eigenvalue weighted by Crippen LogP contribution is -2.23. The number of aryl methyl sites for hydroxylation is 1. The Morgan fingerprint density at radius 2 is 2.07 bits per heavy atom. The van der Waals surface area contributed by atoms with Crippen LogP contribution in [0.1, 0.15) is 34.8 Å². The van der Waals surface area contributed by atoms with Crippen molar-refractivity contribution in [3.8, 4) is 23.6 Å². The molecule has 0 saturated carbocycles. The van der Waals surface area contributed by atoms with Gasteiger partial charge in [-0.3, -0.25) is 9.20 Å². The van der Waals surface area contributed by atoms with Gasteiger partial charge in [0.25, 0.3) is 5.91 Å². The van der Waals surface area contributed by atoms with Crippen molar-refractivity contribution in [3.05, 3.63) is 53.3 Å². The van der Waals surface area contributed by atoms with Crippen molar-refractivity contribution in [2.75, 3.05) is 18.4 Å². The SMILES string of the molecule is C#Cc1cc(NCCC(F)(F)F)c2ncc(-c3ccc(C(=O)NCC)c(C)c3)n2c1. The van der Waals surface area contributed by atoms with Crippen molar-refractivity contribution < 1.29 is 18.0 Å². The van der Waals surface area contributed by atoms with Gasteiger partial charge in [-0.15, -0.1) is 6.42 Å². The molecule has 0 radical (unpaired) electrons. The van der Waals surface area contributed by atoms with E-state index in [9.17, 15) is 18.0 Å². The zero-order valence-electron chi connectivity index (χ0n) is 16.6. The smallest absolute Gasteiger partial charge is 0.382 e. The zero-order valence-corrected chi connectivity index (χ0v) is 16.6. The van der Waals surface area contributed by atoms with Crippen molar-refractivity contribution >= 4 is 17.2 Å². The number of amides is 1. The van der Waals surface area contributed by atoms with Crippen LogP contribution in [0.2, 0.25) is 0 Å². The highest BCUT2D eigenvalue weighted by atomic mass is 19.4. The summed E-state index contributed by atoms with van der Waals surface area (Å²) in [6.07, 6.45) is 3.66. The van der Waals surface area contributed by atoms with E-state index in [1.54, 1.807) is 35.0 Å². The summed E-state index contributed by atoms with van der Waals surface area (Å²) in [6, 6.07) is 7.02. The molecule has 2 N–H and O–H groups in total. The van der Waals surface area contributed by atoms with Gasteiger partial charge >= 0.3 is 6.18 Å². The van der Waals surface area contributed by atoms with Crippen LogP contribution in [0.3, 0.4) is 0 Å². The molecule has 0 saturated heterocycles. The molecule has 3 rings (SSSR count). The van der Waals surface area contributed by atoms with Crippen LogP contribution in [0.25, 0.3) is 16.9 Å². The molecule has 0 aliphatic rings. The summed E-state index contributed by atoms with van der Waals surface area (Å²) >= 11 is 0. The van der Waals surface area contributed by atoms with Gasteiger partial charge in [0.05, 0.1) is 24.0 Å². The molecule has 2 heterocycles. The number of terminal acetylenes is 1. The van der Waals surface area contributed by atoms with Crippen molar-refractivity contribution in [3.63, 3.8) is 0 Å². The summed E-state index contributed by atoms with van der Waals surface area (Å²) in [5, 5.41) is 5.55. The van der Waals surface area contributed by atoms with Gasteiger partial charge in [0, 0.05) is 36.0 Å². The van der Waals surface area contributed by atoms with Gasteiger partial charge in [0.1, 0.15) is 0 Å². The van der Waals surface area contributed by atoms with Crippen LogP contribution in [-0.4, -0.2) is 34.6 Å². The maximum atomic E-state index is 12.5. The number of nitrogens with one attached hydrogen (secondary N) is 2. The Balaban J connectivity index is 2.00. The Kier molecular flexibility index (Phi) is 6.01. The fourth-order valence-electron chi connectivity index (χ4n) is 3.18. The number of carbonyl (C=O) groups is 1. The molecule has 3 aromatic rings. The quantitative estimate of drug-likeness (QED) is 0.588. The second-order valence-corrected chi connectivity index (χ2v) is 6.80. The first-order chi connectivity index (χ1) is 14.2. The first-order valence-corrected chi connectivity index (χ1v) is 9.41. The first-order valence-electron chi connectivity index (χ1n) is 9.41. The van der Waals surface area contributed by atoms with Crippen LogP contribution in [0.5, 0.6) is 0 Å². The van der Waals surface area contributed by atoms with Gasteiger partial charge in [-0.1, -0.05) is 12.0 Å². The van der Waals surface area contributed by atoms with E-state index in [0.717, 1.165) is 11.1 Å². The summed E-state index contributed by atoms with van der Waals surface area (Å²) < 4.78 is 39.2. The second kappa shape index (κ2) is 8.49. The molecule has 2 aromatic heterocycles. The predicted octanol–water partition coefficient (Wildman–Crippen LogP) is 4.41.